The zero-order chi connectivity index (χ0) is 12.4. The number of anilines is 1. The average Bonchev–Trinajstić information content (AvgIpc) is 2.62. The van der Waals surface area contributed by atoms with E-state index in [0.29, 0.717) is 25.9 Å². The lowest BCUT2D eigenvalue weighted by Gasteiger charge is -2.05. The van der Waals surface area contributed by atoms with Crippen molar-refractivity contribution in [3.63, 3.8) is 0 Å². The van der Waals surface area contributed by atoms with Crippen LogP contribution in [0.25, 0.3) is 0 Å². The molecule has 0 bridgehead atoms. The van der Waals surface area contributed by atoms with E-state index in [4.69, 9.17) is 23.2 Å². The number of amides is 1. The Morgan fingerprint density at radius 3 is 2.41 bits per heavy atom. The number of rotatable bonds is 2. The van der Waals surface area contributed by atoms with Gasteiger partial charge in [-0.25, -0.2) is 0 Å². The van der Waals surface area contributed by atoms with Crippen LogP contribution in [0.1, 0.15) is 10.5 Å². The number of benzene rings is 1. The van der Waals surface area contributed by atoms with Crippen molar-refractivity contribution in [1.82, 2.24) is 4.98 Å². The van der Waals surface area contributed by atoms with Gasteiger partial charge in [0.2, 0.25) is 0 Å². The first-order valence-corrected chi connectivity index (χ1v) is 6.21. The van der Waals surface area contributed by atoms with Crippen molar-refractivity contribution in [2.75, 3.05) is 5.32 Å². The molecule has 0 atom stereocenters. The van der Waals surface area contributed by atoms with Gasteiger partial charge in [-0.05, 0) is 40.2 Å². The highest BCUT2D eigenvalue weighted by molar-refractivity contribution is 9.10. The molecule has 0 radical (unpaired) electrons. The highest BCUT2D eigenvalue weighted by atomic mass is 79.9. The second kappa shape index (κ2) is 5.12. The molecule has 1 aromatic heterocycles. The summed E-state index contributed by atoms with van der Waals surface area (Å²) < 4.78 is 0.697. The van der Waals surface area contributed by atoms with Crippen LogP contribution in [0, 0.1) is 0 Å². The summed E-state index contributed by atoms with van der Waals surface area (Å²) in [6.45, 7) is 0. The van der Waals surface area contributed by atoms with E-state index in [9.17, 15) is 4.79 Å². The molecule has 0 spiro atoms. The molecule has 0 aliphatic heterocycles. The number of nitrogens with one attached hydrogen (secondary N) is 2. The van der Waals surface area contributed by atoms with E-state index in [1.807, 2.05) is 0 Å². The van der Waals surface area contributed by atoms with Crippen molar-refractivity contribution in [2.45, 2.75) is 0 Å². The molecule has 2 N–H and O–H groups in total. The Morgan fingerprint density at radius 2 is 1.88 bits per heavy atom. The molecule has 1 amide bonds. The predicted molar refractivity (Wildman–Crippen MR) is 72.9 cm³/mol. The fraction of sp³-hybridized carbons (Fsp3) is 0. The highest BCUT2D eigenvalue weighted by Crippen LogP contribution is 2.23. The van der Waals surface area contributed by atoms with Crippen molar-refractivity contribution in [2.24, 2.45) is 0 Å². The number of aromatic nitrogens is 1. The molecule has 2 aromatic rings. The van der Waals surface area contributed by atoms with Gasteiger partial charge < -0.3 is 10.3 Å². The van der Waals surface area contributed by atoms with Gasteiger partial charge in [-0.15, -0.1) is 0 Å². The summed E-state index contributed by atoms with van der Waals surface area (Å²) in [7, 11) is 0. The van der Waals surface area contributed by atoms with Gasteiger partial charge in [0.1, 0.15) is 5.69 Å². The molecule has 1 aromatic carbocycles. The number of aromatic amines is 1. The third-order valence-electron chi connectivity index (χ3n) is 2.04. The van der Waals surface area contributed by atoms with Crippen LogP contribution in [0.3, 0.4) is 0 Å². The van der Waals surface area contributed by atoms with Crippen molar-refractivity contribution in [1.29, 1.82) is 0 Å². The third kappa shape index (κ3) is 3.03. The zero-order valence-corrected chi connectivity index (χ0v) is 11.5. The van der Waals surface area contributed by atoms with Crippen molar-refractivity contribution < 1.29 is 4.79 Å². The largest absolute Gasteiger partial charge is 0.356 e. The second-order valence-electron chi connectivity index (χ2n) is 3.31. The van der Waals surface area contributed by atoms with Crippen LogP contribution in [0.5, 0.6) is 0 Å². The molecule has 1 heterocycles. The zero-order valence-electron chi connectivity index (χ0n) is 8.43. The minimum absolute atomic E-state index is 0.264. The summed E-state index contributed by atoms with van der Waals surface area (Å²) in [5, 5.41) is 3.64. The fourth-order valence-electron chi connectivity index (χ4n) is 1.34. The topological polar surface area (TPSA) is 44.9 Å². The van der Waals surface area contributed by atoms with Gasteiger partial charge >= 0.3 is 0 Å². The molecule has 0 saturated heterocycles. The molecule has 2 rings (SSSR count). The molecule has 6 heteroatoms. The minimum atomic E-state index is -0.264. The Hall–Kier alpha value is -0.970. The maximum Gasteiger partial charge on any atom is 0.273 e. The first kappa shape index (κ1) is 12.5. The Kier molecular flexibility index (Phi) is 3.76. The number of carbonyl (C=O) groups excluding carboxylic acids is 1. The van der Waals surface area contributed by atoms with Crippen molar-refractivity contribution in [3.8, 4) is 0 Å². The van der Waals surface area contributed by atoms with Crippen molar-refractivity contribution in [3.05, 3.63) is 50.7 Å². The van der Waals surface area contributed by atoms with E-state index < -0.39 is 0 Å². The van der Waals surface area contributed by atoms with E-state index in [2.05, 4.69) is 26.2 Å². The summed E-state index contributed by atoms with van der Waals surface area (Å²) in [4.78, 5) is 14.7. The Bertz CT molecular complexity index is 548. The van der Waals surface area contributed by atoms with Crippen LogP contribution in [-0.2, 0) is 0 Å². The molecule has 0 unspecified atom stereocenters. The number of H-pyrrole nitrogens is 1. The normalized spacial score (nSPS) is 10.3. The van der Waals surface area contributed by atoms with Crippen LogP contribution < -0.4 is 5.32 Å². The molecule has 3 nitrogen and oxygen atoms in total. The average molecular weight is 334 g/mol. The van der Waals surface area contributed by atoms with Gasteiger partial charge in [-0.1, -0.05) is 23.2 Å². The van der Waals surface area contributed by atoms with Gasteiger partial charge in [-0.2, -0.15) is 0 Å². The SMILES string of the molecule is O=C(Nc1cc(Cl)cc(Cl)c1)c1[nH]ccc1Br. The first-order valence-electron chi connectivity index (χ1n) is 4.66. The lowest BCUT2D eigenvalue weighted by atomic mass is 10.3. The summed E-state index contributed by atoms with van der Waals surface area (Å²) in [5.74, 6) is -0.264. The summed E-state index contributed by atoms with van der Waals surface area (Å²) in [6.07, 6.45) is 1.67. The fourth-order valence-corrected chi connectivity index (χ4v) is 2.30. The summed E-state index contributed by atoms with van der Waals surface area (Å²) >= 11 is 14.9. The molecular weight excluding hydrogens is 327 g/mol. The second-order valence-corrected chi connectivity index (χ2v) is 5.04. The molecule has 0 aliphatic rings. The van der Waals surface area contributed by atoms with E-state index in [1.54, 1.807) is 30.5 Å². The lowest BCUT2D eigenvalue weighted by molar-refractivity contribution is 0.102. The molecule has 88 valence electrons. The monoisotopic (exact) mass is 332 g/mol. The molecular formula is C11H7BrCl2N2O. The van der Waals surface area contributed by atoms with Gasteiger partial charge in [0.05, 0.1) is 0 Å². The smallest absolute Gasteiger partial charge is 0.273 e. The van der Waals surface area contributed by atoms with Crippen molar-refractivity contribution >= 4 is 50.7 Å². The van der Waals surface area contributed by atoms with Crippen LogP contribution >= 0.6 is 39.1 Å². The molecule has 0 fully saturated rings. The van der Waals surface area contributed by atoms with Gasteiger partial charge in [0, 0.05) is 26.4 Å². The highest BCUT2D eigenvalue weighted by Gasteiger charge is 2.11. The summed E-state index contributed by atoms with van der Waals surface area (Å²) in [5.41, 5.74) is 0.995. The Labute approximate surface area is 116 Å². The summed E-state index contributed by atoms with van der Waals surface area (Å²) in [6, 6.07) is 6.60. The predicted octanol–water partition coefficient (Wildman–Crippen LogP) is 4.34. The van der Waals surface area contributed by atoms with E-state index in [0.717, 1.165) is 0 Å². The molecule has 0 aliphatic carbocycles. The van der Waals surface area contributed by atoms with Gasteiger partial charge in [-0.3, -0.25) is 4.79 Å². The van der Waals surface area contributed by atoms with Crippen LogP contribution in [-0.4, -0.2) is 10.9 Å². The molecule has 17 heavy (non-hydrogen) atoms. The number of hydrogen-bond donors (Lipinski definition) is 2. The van der Waals surface area contributed by atoms with Gasteiger partial charge in [0.15, 0.2) is 0 Å². The number of carbonyl (C=O) groups is 1. The number of hydrogen-bond acceptors (Lipinski definition) is 1. The third-order valence-corrected chi connectivity index (χ3v) is 3.14. The first-order chi connectivity index (χ1) is 8.06. The van der Waals surface area contributed by atoms with Crippen LogP contribution in [0.2, 0.25) is 10.0 Å². The molecule has 0 saturated carbocycles. The van der Waals surface area contributed by atoms with Crippen LogP contribution in [0.15, 0.2) is 34.9 Å². The Balaban J connectivity index is 2.21. The minimum Gasteiger partial charge on any atom is -0.356 e. The lowest BCUT2D eigenvalue weighted by Crippen LogP contribution is -2.12. The van der Waals surface area contributed by atoms with E-state index in [-0.39, 0.29) is 5.91 Å². The maximum atomic E-state index is 11.9. The standard InChI is InChI=1S/C11H7BrCl2N2O/c12-9-1-2-15-10(9)11(17)16-8-4-6(13)3-7(14)5-8/h1-5,15H,(H,16,17). The van der Waals surface area contributed by atoms with E-state index >= 15 is 0 Å². The quantitative estimate of drug-likeness (QED) is 0.843. The Morgan fingerprint density at radius 1 is 1.24 bits per heavy atom. The van der Waals surface area contributed by atoms with E-state index in [1.165, 1.54) is 0 Å². The van der Waals surface area contributed by atoms with Gasteiger partial charge in [0.25, 0.3) is 5.91 Å². The maximum absolute atomic E-state index is 11.9. The number of halogens is 3. The van der Waals surface area contributed by atoms with Crippen LogP contribution in [0.4, 0.5) is 5.69 Å².